The molecule has 0 radical (unpaired) electrons. The number of amides is 2. The van der Waals surface area contributed by atoms with Gasteiger partial charge in [-0.3, -0.25) is 9.59 Å². The molecule has 1 fully saturated rings. The van der Waals surface area contributed by atoms with E-state index in [0.29, 0.717) is 13.0 Å². The summed E-state index contributed by atoms with van der Waals surface area (Å²) in [5, 5.41) is 12.2. The summed E-state index contributed by atoms with van der Waals surface area (Å²) in [6, 6.07) is 10.4. The number of hydrogen-bond donors (Lipinski definition) is 2. The van der Waals surface area contributed by atoms with Crippen LogP contribution in [0.4, 0.5) is 11.5 Å². The maximum absolute atomic E-state index is 12.5. The standard InChI is InChI=1S/C16H14BrN3O3/c17-10-3-1-4-11(9-10)20-8-6-12(16(20)23)15(22)19-14-13(21)5-2-7-18-14/h1-5,7,9,12,21H,6,8H2,(H,18,19,22). The van der Waals surface area contributed by atoms with Crippen molar-refractivity contribution < 1.29 is 14.7 Å². The Kier molecular flexibility index (Phi) is 4.29. The summed E-state index contributed by atoms with van der Waals surface area (Å²) >= 11 is 3.37. The summed E-state index contributed by atoms with van der Waals surface area (Å²) in [6.07, 6.45) is 1.88. The van der Waals surface area contributed by atoms with Crippen LogP contribution in [0.1, 0.15) is 6.42 Å². The zero-order valence-electron chi connectivity index (χ0n) is 12.1. The van der Waals surface area contributed by atoms with Crippen LogP contribution in [0.3, 0.4) is 0 Å². The summed E-state index contributed by atoms with van der Waals surface area (Å²) in [7, 11) is 0. The fourth-order valence-electron chi connectivity index (χ4n) is 2.52. The maximum atomic E-state index is 12.5. The molecule has 1 aliphatic rings. The Morgan fingerprint density at radius 3 is 2.91 bits per heavy atom. The molecule has 2 aromatic rings. The fourth-order valence-corrected chi connectivity index (χ4v) is 2.91. The number of nitrogens with zero attached hydrogens (tertiary/aromatic N) is 2. The highest BCUT2D eigenvalue weighted by Crippen LogP contribution is 2.28. The van der Waals surface area contributed by atoms with E-state index in [0.717, 1.165) is 10.2 Å². The minimum Gasteiger partial charge on any atom is -0.504 e. The fraction of sp³-hybridized carbons (Fsp3) is 0.188. The van der Waals surface area contributed by atoms with E-state index in [4.69, 9.17) is 0 Å². The Hall–Kier alpha value is -2.41. The van der Waals surface area contributed by atoms with Crippen molar-refractivity contribution in [1.29, 1.82) is 0 Å². The highest BCUT2D eigenvalue weighted by Gasteiger charge is 2.38. The van der Waals surface area contributed by atoms with Gasteiger partial charge in [0, 0.05) is 22.9 Å². The number of aromatic hydroxyl groups is 1. The molecule has 0 spiro atoms. The predicted molar refractivity (Wildman–Crippen MR) is 89.1 cm³/mol. The van der Waals surface area contributed by atoms with E-state index in [1.807, 2.05) is 24.3 Å². The second-order valence-electron chi connectivity index (χ2n) is 5.17. The molecule has 1 unspecified atom stereocenters. The average Bonchev–Trinajstić information content (AvgIpc) is 2.91. The summed E-state index contributed by atoms with van der Waals surface area (Å²) in [5.74, 6) is -1.56. The second-order valence-corrected chi connectivity index (χ2v) is 6.09. The van der Waals surface area contributed by atoms with Crippen LogP contribution in [-0.2, 0) is 9.59 Å². The normalized spacial score (nSPS) is 17.3. The molecule has 1 aromatic carbocycles. The summed E-state index contributed by atoms with van der Waals surface area (Å²) in [4.78, 5) is 30.3. The predicted octanol–water partition coefficient (Wildman–Crippen LogP) is 2.54. The zero-order chi connectivity index (χ0) is 16.4. The van der Waals surface area contributed by atoms with Gasteiger partial charge in [-0.15, -0.1) is 0 Å². The number of carbonyl (C=O) groups excluding carboxylic acids is 2. The molecule has 1 saturated heterocycles. The summed E-state index contributed by atoms with van der Waals surface area (Å²) < 4.78 is 0.870. The summed E-state index contributed by atoms with van der Waals surface area (Å²) in [5.41, 5.74) is 0.750. The molecule has 0 aliphatic carbocycles. The Balaban J connectivity index is 1.74. The minimum atomic E-state index is -0.782. The molecule has 3 rings (SSSR count). The van der Waals surface area contributed by atoms with E-state index >= 15 is 0 Å². The van der Waals surface area contributed by atoms with Crippen molar-refractivity contribution in [3.8, 4) is 5.75 Å². The number of benzene rings is 1. The van der Waals surface area contributed by atoms with Gasteiger partial charge in [0.25, 0.3) is 0 Å². The van der Waals surface area contributed by atoms with Crippen LogP contribution < -0.4 is 10.2 Å². The monoisotopic (exact) mass is 375 g/mol. The number of pyridine rings is 1. The van der Waals surface area contributed by atoms with Crippen molar-refractivity contribution in [2.24, 2.45) is 5.92 Å². The molecule has 23 heavy (non-hydrogen) atoms. The molecule has 0 bridgehead atoms. The molecule has 2 N–H and O–H groups in total. The van der Waals surface area contributed by atoms with Crippen LogP contribution in [0.15, 0.2) is 47.1 Å². The Bertz CT molecular complexity index is 766. The van der Waals surface area contributed by atoms with Crippen LogP contribution in [0.2, 0.25) is 0 Å². The number of aromatic nitrogens is 1. The maximum Gasteiger partial charge on any atom is 0.239 e. The molecule has 2 heterocycles. The first-order valence-electron chi connectivity index (χ1n) is 7.08. The molecule has 1 aliphatic heterocycles. The SMILES string of the molecule is O=C(Nc1ncccc1O)C1CCN(c2cccc(Br)c2)C1=O. The minimum absolute atomic E-state index is 0.0613. The second kappa shape index (κ2) is 6.37. The lowest BCUT2D eigenvalue weighted by Gasteiger charge is -2.17. The van der Waals surface area contributed by atoms with Gasteiger partial charge in [-0.2, -0.15) is 0 Å². The van der Waals surface area contributed by atoms with E-state index in [1.165, 1.54) is 12.3 Å². The topological polar surface area (TPSA) is 82.5 Å². The highest BCUT2D eigenvalue weighted by molar-refractivity contribution is 9.10. The molecule has 6 nitrogen and oxygen atoms in total. The lowest BCUT2D eigenvalue weighted by molar-refractivity contribution is -0.129. The molecule has 1 atom stereocenters. The lowest BCUT2D eigenvalue weighted by Crippen LogP contribution is -2.33. The number of carbonyl (C=O) groups is 2. The number of anilines is 2. The van der Waals surface area contributed by atoms with Gasteiger partial charge in [0.15, 0.2) is 11.6 Å². The third kappa shape index (κ3) is 3.19. The van der Waals surface area contributed by atoms with Crippen LogP contribution in [0.5, 0.6) is 5.75 Å². The van der Waals surface area contributed by atoms with E-state index < -0.39 is 11.8 Å². The van der Waals surface area contributed by atoms with E-state index in [2.05, 4.69) is 26.2 Å². The first kappa shape index (κ1) is 15.5. The molecule has 0 saturated carbocycles. The highest BCUT2D eigenvalue weighted by atomic mass is 79.9. The van der Waals surface area contributed by atoms with Crippen LogP contribution >= 0.6 is 15.9 Å². The van der Waals surface area contributed by atoms with Gasteiger partial charge in [0.1, 0.15) is 5.92 Å². The van der Waals surface area contributed by atoms with Crippen LogP contribution in [0.25, 0.3) is 0 Å². The van der Waals surface area contributed by atoms with Gasteiger partial charge in [-0.25, -0.2) is 4.98 Å². The van der Waals surface area contributed by atoms with Crippen LogP contribution in [0, 0.1) is 5.92 Å². The van der Waals surface area contributed by atoms with Gasteiger partial charge in [-0.1, -0.05) is 22.0 Å². The largest absolute Gasteiger partial charge is 0.504 e. The van der Waals surface area contributed by atoms with Crippen LogP contribution in [-0.4, -0.2) is 28.4 Å². The Morgan fingerprint density at radius 1 is 1.35 bits per heavy atom. The van der Waals surface area contributed by atoms with Crippen molar-refractivity contribution in [3.63, 3.8) is 0 Å². The Labute approximate surface area is 141 Å². The van der Waals surface area contributed by atoms with Gasteiger partial charge in [-0.05, 0) is 36.8 Å². The van der Waals surface area contributed by atoms with Gasteiger partial charge >= 0.3 is 0 Å². The zero-order valence-corrected chi connectivity index (χ0v) is 13.7. The first-order chi connectivity index (χ1) is 11.1. The van der Waals surface area contributed by atoms with E-state index in [-0.39, 0.29) is 17.5 Å². The number of rotatable bonds is 3. The average molecular weight is 376 g/mol. The summed E-state index contributed by atoms with van der Waals surface area (Å²) in [6.45, 7) is 0.474. The van der Waals surface area contributed by atoms with Crippen molar-refractivity contribution >= 4 is 39.2 Å². The third-order valence-corrected chi connectivity index (χ3v) is 4.16. The number of nitrogens with one attached hydrogen (secondary N) is 1. The molecule has 118 valence electrons. The Morgan fingerprint density at radius 2 is 2.17 bits per heavy atom. The van der Waals surface area contributed by atoms with Crippen molar-refractivity contribution in [2.75, 3.05) is 16.8 Å². The smallest absolute Gasteiger partial charge is 0.239 e. The van der Waals surface area contributed by atoms with Crippen molar-refractivity contribution in [3.05, 3.63) is 47.1 Å². The number of halogens is 1. The van der Waals surface area contributed by atoms with Crippen molar-refractivity contribution in [2.45, 2.75) is 6.42 Å². The molecule has 7 heteroatoms. The van der Waals surface area contributed by atoms with Gasteiger partial charge in [0.05, 0.1) is 0 Å². The lowest BCUT2D eigenvalue weighted by atomic mass is 10.1. The van der Waals surface area contributed by atoms with E-state index in [9.17, 15) is 14.7 Å². The molecule has 1 aromatic heterocycles. The van der Waals surface area contributed by atoms with Gasteiger partial charge < -0.3 is 15.3 Å². The molecular weight excluding hydrogens is 362 g/mol. The van der Waals surface area contributed by atoms with Gasteiger partial charge in [0.2, 0.25) is 11.8 Å². The number of hydrogen-bond acceptors (Lipinski definition) is 4. The molecule has 2 amide bonds. The quantitative estimate of drug-likeness (QED) is 0.807. The first-order valence-corrected chi connectivity index (χ1v) is 7.87. The van der Waals surface area contributed by atoms with Crippen molar-refractivity contribution in [1.82, 2.24) is 4.98 Å². The third-order valence-electron chi connectivity index (χ3n) is 3.67. The molecular formula is C16H14BrN3O3. The van der Waals surface area contributed by atoms with E-state index in [1.54, 1.807) is 11.0 Å².